The SMILES string of the molecule is [Ag].[Cd].[GaH3].[GeH4].[InH3].[KH].[PbH2].[Tl].[Zn]. The molecule has 0 bridgehead atoms. The Morgan fingerprint density at radius 3 is 1.00 bits per heavy atom. The van der Waals surface area contributed by atoms with Gasteiger partial charge in [-0.3, -0.25) is 0 Å². The molecule has 0 nitrogen and oxygen atoms in total. The third-order valence-corrected chi connectivity index (χ3v) is 0. The first-order valence-corrected chi connectivity index (χ1v) is 0. The average molecular weight is 1010 g/mol. The molecule has 46 valence electrons. The number of rotatable bonds is 0. The van der Waals surface area contributed by atoms with Crippen LogP contribution >= 0.6 is 0 Å². The summed E-state index contributed by atoms with van der Waals surface area (Å²) in [5.74, 6) is 0. The van der Waals surface area contributed by atoms with E-state index in [4.69, 9.17) is 0 Å². The first-order valence-electron chi connectivity index (χ1n) is 0. The molecule has 0 aliphatic heterocycles. The molecule has 0 fully saturated rings. The molecule has 0 rings (SSSR count). The van der Waals surface area contributed by atoms with Crippen LogP contribution in [0.2, 0.25) is 0 Å². The van der Waals surface area contributed by atoms with Gasteiger partial charge in [-0.2, -0.15) is 0 Å². The zero-order valence-corrected chi connectivity index (χ0v) is 21.5. The summed E-state index contributed by atoms with van der Waals surface area (Å²) in [6.07, 6.45) is 0. The Morgan fingerprint density at radius 2 is 1.00 bits per heavy atom. The topological polar surface area (TPSA) is 0 Å². The van der Waals surface area contributed by atoms with Crippen molar-refractivity contribution in [3.63, 3.8) is 0 Å². The second-order valence-electron chi connectivity index (χ2n) is 0. The fourth-order valence-electron chi connectivity index (χ4n) is 0. The Bertz CT molecular complexity index is 28.5. The van der Waals surface area contributed by atoms with Crippen LogP contribution in [0, 0.1) is 0 Å². The third kappa shape index (κ3) is 49.4. The second kappa shape index (κ2) is 56.8. The van der Waals surface area contributed by atoms with Gasteiger partial charge in [-0.05, 0) is 0 Å². The standard InChI is InChI=1S/Ag.Cd.Ga.GeH4.In.K.Pb.Tl.Zn.9H/h;;;1H4;;;;;;;;;;;;;;. The van der Waals surface area contributed by atoms with Gasteiger partial charge in [0, 0.05) is 96.5 Å². The second-order valence-corrected chi connectivity index (χ2v) is 0. The van der Waals surface area contributed by atoms with Crippen LogP contribution in [-0.2, 0) is 69.2 Å². The van der Waals surface area contributed by atoms with E-state index in [0.29, 0.717) is 0 Å². The van der Waals surface area contributed by atoms with Crippen molar-refractivity contribution in [1.82, 2.24) is 0 Å². The largest absolute Gasteiger partial charge is 0 e. The smallest absolute Gasteiger partial charge is 0 e. The molecule has 9 heteroatoms. The quantitative estimate of drug-likeness (QED) is 0.213. The van der Waals surface area contributed by atoms with Gasteiger partial charge in [0.15, 0.2) is 0 Å². The van der Waals surface area contributed by atoms with E-state index < -0.39 is 0 Å². The predicted molar refractivity (Wildman–Crippen MR) is 52.7 cm³/mol. The Hall–Kier alpha value is 7.82. The summed E-state index contributed by atoms with van der Waals surface area (Å²) < 4.78 is 0. The fourth-order valence-corrected chi connectivity index (χ4v) is 0. The molecule has 4 radical (unpaired) electrons. The van der Waals surface area contributed by atoms with E-state index in [1.54, 1.807) is 0 Å². The van der Waals surface area contributed by atoms with E-state index in [-0.39, 0.29) is 238 Å². The molecule has 9 heavy (non-hydrogen) atoms. The van der Waals surface area contributed by atoms with Crippen LogP contribution < -0.4 is 0 Å². The molecule has 0 aromatic heterocycles. The molecule has 0 spiro atoms. The molecular formula is H13AgCdGaGeInKPbTlZn. The number of hydrogen-bond acceptors (Lipinski definition) is 0. The molecule has 0 aliphatic carbocycles. The molecule has 0 aromatic carbocycles. The van der Waals surface area contributed by atoms with Crippen molar-refractivity contribution in [3.05, 3.63) is 0 Å². The van der Waals surface area contributed by atoms with Crippen LogP contribution in [0.4, 0.5) is 0 Å². The van der Waals surface area contributed by atoms with E-state index in [9.17, 15) is 0 Å². The molecule has 0 aliphatic rings. The summed E-state index contributed by atoms with van der Waals surface area (Å²) in [7, 11) is 0. The van der Waals surface area contributed by atoms with Gasteiger partial charge < -0.3 is 0 Å². The van der Waals surface area contributed by atoms with E-state index in [2.05, 4.69) is 0 Å². The van der Waals surface area contributed by atoms with Crippen LogP contribution in [0.1, 0.15) is 0 Å². The average Bonchev–Trinajstić information content (AvgIpc) is 0. The Balaban J connectivity index is 0. The normalized spacial score (nSPS) is 0. The molecule has 0 saturated heterocycles. The van der Waals surface area contributed by atoms with Gasteiger partial charge in [-0.15, -0.1) is 0 Å². The van der Waals surface area contributed by atoms with Gasteiger partial charge in [-0.1, -0.05) is 0 Å². The van der Waals surface area contributed by atoms with Gasteiger partial charge in [0.05, 0.1) is 0 Å². The minimum absolute atomic E-state index is 0. The minimum Gasteiger partial charge on any atom is 0 e. The summed E-state index contributed by atoms with van der Waals surface area (Å²) in [6.45, 7) is 0. The molecule has 0 aromatic rings. The maximum Gasteiger partial charge on any atom is 0 e. The van der Waals surface area contributed by atoms with Crippen molar-refractivity contribution in [2.75, 3.05) is 0 Å². The van der Waals surface area contributed by atoms with Crippen LogP contribution in [0.25, 0.3) is 0 Å². The summed E-state index contributed by atoms with van der Waals surface area (Å²) in [4.78, 5) is 0. The van der Waals surface area contributed by atoms with Gasteiger partial charge >= 0.3 is 142 Å². The Labute approximate surface area is 231 Å². The maximum absolute atomic E-state index is 0. The molecule has 0 atom stereocenters. The Morgan fingerprint density at radius 1 is 1.00 bits per heavy atom. The summed E-state index contributed by atoms with van der Waals surface area (Å²) in [5.41, 5.74) is 0. The van der Waals surface area contributed by atoms with E-state index in [0.717, 1.165) is 0 Å². The van der Waals surface area contributed by atoms with E-state index in [1.165, 1.54) is 0 Å². The third-order valence-electron chi connectivity index (χ3n) is 0. The van der Waals surface area contributed by atoms with Gasteiger partial charge in [0.1, 0.15) is 0 Å². The summed E-state index contributed by atoms with van der Waals surface area (Å²) in [5, 5.41) is 0. The molecule has 0 N–H and O–H groups in total. The van der Waals surface area contributed by atoms with Crippen molar-refractivity contribution in [3.8, 4) is 0 Å². The molecule has 0 amide bonds. The zero-order chi connectivity index (χ0) is 0. The monoisotopic (exact) mass is 1010 g/mol. The molecule has 0 unspecified atom stereocenters. The van der Waals surface area contributed by atoms with Crippen LogP contribution in [0.3, 0.4) is 0 Å². The van der Waals surface area contributed by atoms with Gasteiger partial charge in [0.25, 0.3) is 0 Å². The van der Waals surface area contributed by atoms with Crippen LogP contribution in [0.5, 0.6) is 0 Å². The van der Waals surface area contributed by atoms with Crippen molar-refractivity contribution < 1.29 is 69.2 Å². The predicted octanol–water partition coefficient (Wildman–Crippen LogP) is -5.77. The van der Waals surface area contributed by atoms with Crippen LogP contribution in [-0.4, -0.2) is 169 Å². The maximum atomic E-state index is 0. The van der Waals surface area contributed by atoms with Crippen LogP contribution in [0.15, 0.2) is 0 Å². The first-order chi connectivity index (χ1) is 0. The zero-order valence-electron chi connectivity index (χ0n) is 3.00. The Kier molecular flexibility index (Phi) is 435. The fraction of sp³-hybridized carbons (Fsp3) is 0. The number of hydrogen-bond donors (Lipinski definition) is 0. The van der Waals surface area contributed by atoms with E-state index >= 15 is 0 Å². The van der Waals surface area contributed by atoms with Crippen molar-refractivity contribution in [2.45, 2.75) is 0 Å². The molecule has 0 saturated carbocycles. The summed E-state index contributed by atoms with van der Waals surface area (Å²) in [6, 6.07) is 0. The van der Waals surface area contributed by atoms with Crippen molar-refractivity contribution >= 4 is 169 Å². The summed E-state index contributed by atoms with van der Waals surface area (Å²) >= 11 is 0. The minimum atomic E-state index is 0. The van der Waals surface area contributed by atoms with E-state index in [1.807, 2.05) is 0 Å². The van der Waals surface area contributed by atoms with Gasteiger partial charge in [-0.25, -0.2) is 0 Å². The van der Waals surface area contributed by atoms with Gasteiger partial charge in [0.2, 0.25) is 0 Å². The molecular weight excluding hydrogens is 994 g/mol. The van der Waals surface area contributed by atoms with Crippen molar-refractivity contribution in [2.24, 2.45) is 0 Å². The first kappa shape index (κ1) is 68.9. The van der Waals surface area contributed by atoms with Crippen molar-refractivity contribution in [1.29, 1.82) is 0 Å². The molecule has 0 heterocycles.